The van der Waals surface area contributed by atoms with Crippen molar-refractivity contribution in [3.63, 3.8) is 0 Å². The molecule has 156 valence electrons. The second-order valence-electron chi connectivity index (χ2n) is 6.47. The van der Waals surface area contributed by atoms with Crippen molar-refractivity contribution in [3.05, 3.63) is 77.9 Å². The fraction of sp³-hybridized carbons (Fsp3) is 0.136. The van der Waals surface area contributed by atoms with Crippen molar-refractivity contribution < 1.29 is 22.7 Å². The van der Waals surface area contributed by atoms with Gasteiger partial charge in [-0.05, 0) is 55.0 Å². The molecular formula is C22H22N2O5S. The van der Waals surface area contributed by atoms with Crippen molar-refractivity contribution in [2.75, 3.05) is 24.3 Å². The van der Waals surface area contributed by atoms with Gasteiger partial charge in [0.05, 0.1) is 19.1 Å². The van der Waals surface area contributed by atoms with Gasteiger partial charge in [-0.25, -0.2) is 8.42 Å². The van der Waals surface area contributed by atoms with E-state index in [0.29, 0.717) is 22.7 Å². The number of nitrogens with one attached hydrogen (secondary N) is 2. The highest BCUT2D eigenvalue weighted by Crippen LogP contribution is 2.30. The Labute approximate surface area is 175 Å². The molecule has 1 amide bonds. The van der Waals surface area contributed by atoms with E-state index in [0.717, 1.165) is 11.3 Å². The van der Waals surface area contributed by atoms with E-state index in [2.05, 4.69) is 10.0 Å². The number of amides is 1. The Morgan fingerprint density at radius 3 is 2.17 bits per heavy atom. The van der Waals surface area contributed by atoms with Crippen molar-refractivity contribution in [1.29, 1.82) is 0 Å². The lowest BCUT2D eigenvalue weighted by Gasteiger charge is -2.12. The number of methoxy groups -OCH3 is 2. The molecule has 2 N–H and O–H groups in total. The van der Waals surface area contributed by atoms with Crippen LogP contribution in [0.2, 0.25) is 0 Å². The maximum absolute atomic E-state index is 12.7. The lowest BCUT2D eigenvalue weighted by atomic mass is 10.1. The molecule has 0 saturated carbocycles. The van der Waals surface area contributed by atoms with Crippen molar-refractivity contribution in [2.45, 2.75) is 11.8 Å². The fourth-order valence-electron chi connectivity index (χ4n) is 2.80. The summed E-state index contributed by atoms with van der Waals surface area (Å²) in [6.07, 6.45) is 0. The van der Waals surface area contributed by atoms with Crippen molar-refractivity contribution in [1.82, 2.24) is 0 Å². The second-order valence-corrected chi connectivity index (χ2v) is 8.15. The first-order chi connectivity index (χ1) is 14.3. The third-order valence-electron chi connectivity index (χ3n) is 4.46. The highest BCUT2D eigenvalue weighted by atomic mass is 32.2. The Hall–Kier alpha value is -3.52. The molecule has 0 heterocycles. The zero-order chi connectivity index (χ0) is 21.7. The van der Waals surface area contributed by atoms with Crippen LogP contribution in [0.3, 0.4) is 0 Å². The van der Waals surface area contributed by atoms with Crippen molar-refractivity contribution in [3.8, 4) is 11.5 Å². The van der Waals surface area contributed by atoms with Gasteiger partial charge in [-0.3, -0.25) is 9.52 Å². The van der Waals surface area contributed by atoms with E-state index in [-0.39, 0.29) is 10.8 Å². The molecule has 0 radical (unpaired) electrons. The fourth-order valence-corrected chi connectivity index (χ4v) is 3.87. The van der Waals surface area contributed by atoms with Gasteiger partial charge in [-0.2, -0.15) is 0 Å². The molecular weight excluding hydrogens is 404 g/mol. The molecule has 0 saturated heterocycles. The van der Waals surface area contributed by atoms with E-state index in [1.54, 1.807) is 12.1 Å². The minimum Gasteiger partial charge on any atom is -0.493 e. The van der Waals surface area contributed by atoms with Crippen LogP contribution in [0.5, 0.6) is 11.5 Å². The second kappa shape index (κ2) is 8.87. The maximum atomic E-state index is 12.7. The zero-order valence-electron chi connectivity index (χ0n) is 16.8. The van der Waals surface area contributed by atoms with Gasteiger partial charge in [-0.1, -0.05) is 18.2 Å². The predicted octanol–water partition coefficient (Wildman–Crippen LogP) is 4.07. The van der Waals surface area contributed by atoms with Gasteiger partial charge in [-0.15, -0.1) is 0 Å². The van der Waals surface area contributed by atoms with Gasteiger partial charge in [0.25, 0.3) is 15.9 Å². The maximum Gasteiger partial charge on any atom is 0.262 e. The van der Waals surface area contributed by atoms with Gasteiger partial charge < -0.3 is 14.8 Å². The summed E-state index contributed by atoms with van der Waals surface area (Å²) < 4.78 is 38.1. The largest absolute Gasteiger partial charge is 0.493 e. The Morgan fingerprint density at radius 1 is 0.867 bits per heavy atom. The van der Waals surface area contributed by atoms with Crippen LogP contribution >= 0.6 is 0 Å². The summed E-state index contributed by atoms with van der Waals surface area (Å²) in [4.78, 5) is 12.5. The number of benzene rings is 3. The minimum absolute atomic E-state index is 0.0292. The number of sulfonamides is 1. The number of rotatable bonds is 7. The molecule has 0 spiro atoms. The van der Waals surface area contributed by atoms with Gasteiger partial charge in [0.1, 0.15) is 0 Å². The molecule has 0 unspecified atom stereocenters. The third kappa shape index (κ3) is 4.72. The molecule has 0 fully saturated rings. The molecule has 3 rings (SSSR count). The van der Waals surface area contributed by atoms with Crippen LogP contribution in [0.4, 0.5) is 11.4 Å². The van der Waals surface area contributed by atoms with Crippen LogP contribution in [0.15, 0.2) is 71.6 Å². The summed E-state index contributed by atoms with van der Waals surface area (Å²) in [7, 11) is -0.938. The lowest BCUT2D eigenvalue weighted by molar-refractivity contribution is 0.102. The number of ether oxygens (including phenoxy) is 2. The first-order valence-corrected chi connectivity index (χ1v) is 10.5. The molecule has 0 atom stereocenters. The molecule has 0 bridgehead atoms. The van der Waals surface area contributed by atoms with E-state index in [9.17, 15) is 13.2 Å². The average molecular weight is 426 g/mol. The highest BCUT2D eigenvalue weighted by Gasteiger charge is 2.17. The first-order valence-electron chi connectivity index (χ1n) is 9.06. The predicted molar refractivity (Wildman–Crippen MR) is 116 cm³/mol. The third-order valence-corrected chi connectivity index (χ3v) is 5.84. The molecule has 0 aromatic heterocycles. The summed E-state index contributed by atoms with van der Waals surface area (Å²) >= 11 is 0. The van der Waals surface area contributed by atoms with Crippen LogP contribution in [0.1, 0.15) is 15.9 Å². The number of carbonyl (C=O) groups excluding carboxylic acids is 1. The van der Waals surface area contributed by atoms with Crippen LogP contribution in [0.25, 0.3) is 0 Å². The monoisotopic (exact) mass is 426 g/mol. The smallest absolute Gasteiger partial charge is 0.262 e. The van der Waals surface area contributed by atoms with Gasteiger partial charge >= 0.3 is 0 Å². The topological polar surface area (TPSA) is 93.7 Å². The van der Waals surface area contributed by atoms with E-state index in [1.807, 2.05) is 31.2 Å². The number of anilines is 2. The van der Waals surface area contributed by atoms with Crippen LogP contribution < -0.4 is 19.5 Å². The van der Waals surface area contributed by atoms with Crippen molar-refractivity contribution in [2.24, 2.45) is 0 Å². The number of hydrogen-bond donors (Lipinski definition) is 2. The molecule has 30 heavy (non-hydrogen) atoms. The first kappa shape index (κ1) is 21.2. The van der Waals surface area contributed by atoms with Crippen LogP contribution in [-0.2, 0) is 10.0 Å². The number of aryl methyl sites for hydroxylation is 1. The minimum atomic E-state index is -3.84. The number of hydrogen-bond acceptors (Lipinski definition) is 5. The van der Waals surface area contributed by atoms with Gasteiger partial charge in [0, 0.05) is 23.0 Å². The zero-order valence-corrected chi connectivity index (χ0v) is 17.6. The quantitative estimate of drug-likeness (QED) is 0.594. The molecule has 0 aliphatic carbocycles. The van der Waals surface area contributed by atoms with Gasteiger partial charge in [0.2, 0.25) is 0 Å². The normalized spacial score (nSPS) is 10.9. The molecule has 0 aliphatic rings. The Balaban J connectivity index is 1.75. The summed E-state index contributed by atoms with van der Waals surface area (Å²) in [5.41, 5.74) is 2.41. The van der Waals surface area contributed by atoms with E-state index in [1.165, 1.54) is 44.6 Å². The lowest BCUT2D eigenvalue weighted by Crippen LogP contribution is -2.14. The number of carbonyl (C=O) groups is 1. The van der Waals surface area contributed by atoms with E-state index < -0.39 is 10.0 Å². The molecule has 0 aliphatic heterocycles. The van der Waals surface area contributed by atoms with Crippen LogP contribution in [0, 0.1) is 6.92 Å². The summed E-state index contributed by atoms with van der Waals surface area (Å²) in [5.74, 6) is 0.461. The Bertz CT molecular complexity index is 1160. The molecule has 3 aromatic rings. The van der Waals surface area contributed by atoms with Crippen molar-refractivity contribution >= 4 is 27.3 Å². The average Bonchev–Trinajstić information content (AvgIpc) is 2.75. The van der Waals surface area contributed by atoms with E-state index in [4.69, 9.17) is 9.47 Å². The molecule has 3 aromatic carbocycles. The highest BCUT2D eigenvalue weighted by molar-refractivity contribution is 7.92. The summed E-state index contributed by atoms with van der Waals surface area (Å²) in [6, 6.07) is 18.0. The standard InChI is InChI=1S/C22H22N2O5S/c1-15-6-4-5-7-19(15)23-22(25)16-8-10-17(11-9-16)24-30(26,27)18-12-13-20(28-2)21(14-18)29-3/h4-14,24H,1-3H3,(H,23,25). The van der Waals surface area contributed by atoms with E-state index >= 15 is 0 Å². The Morgan fingerprint density at radius 2 is 1.53 bits per heavy atom. The SMILES string of the molecule is COc1ccc(S(=O)(=O)Nc2ccc(C(=O)Nc3ccccc3C)cc2)cc1OC. The molecule has 7 nitrogen and oxygen atoms in total. The van der Waals surface area contributed by atoms with Crippen LogP contribution in [-0.4, -0.2) is 28.5 Å². The Kier molecular flexibility index (Phi) is 6.27. The summed E-state index contributed by atoms with van der Waals surface area (Å²) in [6.45, 7) is 1.90. The summed E-state index contributed by atoms with van der Waals surface area (Å²) in [5, 5.41) is 2.84. The van der Waals surface area contributed by atoms with Gasteiger partial charge in [0.15, 0.2) is 11.5 Å². The molecule has 8 heteroatoms. The number of para-hydroxylation sites is 1.